The van der Waals surface area contributed by atoms with Crippen molar-refractivity contribution in [3.63, 3.8) is 0 Å². The van der Waals surface area contributed by atoms with Crippen molar-refractivity contribution >= 4 is 16.8 Å². The number of aromatic nitrogens is 2. The summed E-state index contributed by atoms with van der Waals surface area (Å²) >= 11 is 0. The third-order valence-electron chi connectivity index (χ3n) is 3.52. The Morgan fingerprint density at radius 3 is 2.81 bits per heavy atom. The zero-order chi connectivity index (χ0) is 15.0. The number of halogens is 1. The van der Waals surface area contributed by atoms with E-state index >= 15 is 0 Å². The summed E-state index contributed by atoms with van der Waals surface area (Å²) in [7, 11) is 0. The van der Waals surface area contributed by atoms with Crippen LogP contribution in [0, 0.1) is 5.82 Å². The minimum absolute atomic E-state index is 0.299. The molecule has 0 radical (unpaired) electrons. The van der Waals surface area contributed by atoms with E-state index in [0.717, 1.165) is 23.0 Å². The number of aryl methyl sites for hydroxylation is 1. The highest BCUT2D eigenvalue weighted by atomic mass is 19.1. The maximum Gasteiger partial charge on any atom is 0.249 e. The van der Waals surface area contributed by atoms with E-state index in [9.17, 15) is 9.18 Å². The molecule has 0 saturated carbocycles. The van der Waals surface area contributed by atoms with Gasteiger partial charge in [-0.2, -0.15) is 5.10 Å². The average Bonchev–Trinajstić information content (AvgIpc) is 2.89. The van der Waals surface area contributed by atoms with Crippen LogP contribution in [0.15, 0.2) is 42.6 Å². The molecule has 0 aliphatic heterocycles. The topological polar surface area (TPSA) is 60.9 Å². The molecule has 3 aromatic rings. The number of carbonyl (C=O) groups is 1. The highest BCUT2D eigenvalue weighted by Crippen LogP contribution is 2.31. The Kier molecular flexibility index (Phi) is 3.17. The van der Waals surface area contributed by atoms with E-state index in [0.29, 0.717) is 11.1 Å². The third-order valence-corrected chi connectivity index (χ3v) is 3.52. The lowest BCUT2D eigenvalue weighted by atomic mass is 9.96. The smallest absolute Gasteiger partial charge is 0.249 e. The van der Waals surface area contributed by atoms with Gasteiger partial charge in [-0.3, -0.25) is 9.48 Å². The first kappa shape index (κ1) is 13.3. The van der Waals surface area contributed by atoms with Crippen LogP contribution in [-0.4, -0.2) is 15.7 Å². The Hall–Kier alpha value is -2.69. The number of primary amides is 1. The Morgan fingerprint density at radius 1 is 1.29 bits per heavy atom. The number of fused-ring (bicyclic) bond motifs is 1. The van der Waals surface area contributed by atoms with Crippen LogP contribution < -0.4 is 5.73 Å². The third kappa shape index (κ3) is 2.16. The maximum absolute atomic E-state index is 13.6. The van der Waals surface area contributed by atoms with Crippen LogP contribution in [0.25, 0.3) is 22.0 Å². The minimum Gasteiger partial charge on any atom is -0.366 e. The number of benzene rings is 2. The monoisotopic (exact) mass is 283 g/mol. The van der Waals surface area contributed by atoms with Gasteiger partial charge in [0.1, 0.15) is 5.82 Å². The van der Waals surface area contributed by atoms with E-state index in [1.807, 2.05) is 29.8 Å². The van der Waals surface area contributed by atoms with Crippen LogP contribution in [0.2, 0.25) is 0 Å². The first-order valence-electron chi connectivity index (χ1n) is 6.66. The van der Waals surface area contributed by atoms with Crippen molar-refractivity contribution < 1.29 is 9.18 Å². The fourth-order valence-electron chi connectivity index (χ4n) is 2.54. The quantitative estimate of drug-likeness (QED) is 0.803. The molecular weight excluding hydrogens is 269 g/mol. The lowest BCUT2D eigenvalue weighted by Crippen LogP contribution is -2.12. The molecule has 1 aromatic heterocycles. The number of hydrogen-bond donors (Lipinski definition) is 1. The molecule has 1 heterocycles. The average molecular weight is 283 g/mol. The van der Waals surface area contributed by atoms with Crippen molar-refractivity contribution in [3.05, 3.63) is 54.0 Å². The van der Waals surface area contributed by atoms with Gasteiger partial charge in [-0.05, 0) is 42.3 Å². The van der Waals surface area contributed by atoms with Crippen molar-refractivity contribution in [1.29, 1.82) is 0 Å². The molecule has 4 nitrogen and oxygen atoms in total. The molecule has 0 saturated heterocycles. The predicted octanol–water partition coefficient (Wildman–Crippen LogP) is 2.96. The zero-order valence-electron chi connectivity index (χ0n) is 11.5. The van der Waals surface area contributed by atoms with Crippen molar-refractivity contribution in [1.82, 2.24) is 9.78 Å². The second kappa shape index (κ2) is 5.01. The standard InChI is InChI=1S/C16H14FN3O/c1-2-20-15-5-3-4-11(14(15)9-19-20)13-8-10(17)6-7-12(13)16(18)21/h3-9H,2H2,1H3,(H2,18,21). The van der Waals surface area contributed by atoms with Crippen LogP contribution in [0.3, 0.4) is 0 Å². The molecule has 3 rings (SSSR count). The van der Waals surface area contributed by atoms with Gasteiger partial charge in [-0.25, -0.2) is 4.39 Å². The summed E-state index contributed by atoms with van der Waals surface area (Å²) in [6.45, 7) is 2.73. The van der Waals surface area contributed by atoms with Crippen molar-refractivity contribution in [3.8, 4) is 11.1 Å². The van der Waals surface area contributed by atoms with Crippen molar-refractivity contribution in [2.45, 2.75) is 13.5 Å². The Bertz CT molecular complexity index is 839. The molecule has 0 aliphatic carbocycles. The van der Waals surface area contributed by atoms with Crippen LogP contribution in [0.1, 0.15) is 17.3 Å². The number of nitrogens with two attached hydrogens (primary N) is 1. The summed E-state index contributed by atoms with van der Waals surface area (Å²) in [4.78, 5) is 11.6. The number of amides is 1. The first-order valence-corrected chi connectivity index (χ1v) is 6.66. The summed E-state index contributed by atoms with van der Waals surface area (Å²) in [6, 6.07) is 9.62. The van der Waals surface area contributed by atoms with Gasteiger partial charge in [0.15, 0.2) is 0 Å². The largest absolute Gasteiger partial charge is 0.366 e. The van der Waals surface area contributed by atoms with Crippen LogP contribution in [0.5, 0.6) is 0 Å². The van der Waals surface area contributed by atoms with Gasteiger partial charge in [0, 0.05) is 17.5 Å². The normalized spacial score (nSPS) is 11.0. The van der Waals surface area contributed by atoms with Crippen molar-refractivity contribution in [2.24, 2.45) is 5.73 Å². The molecule has 21 heavy (non-hydrogen) atoms. The van der Waals surface area contributed by atoms with Crippen molar-refractivity contribution in [2.75, 3.05) is 0 Å². The van der Waals surface area contributed by atoms with Crippen LogP contribution in [-0.2, 0) is 6.54 Å². The second-order valence-electron chi connectivity index (χ2n) is 4.75. The number of nitrogens with zero attached hydrogens (tertiary/aromatic N) is 2. The zero-order valence-corrected chi connectivity index (χ0v) is 11.5. The maximum atomic E-state index is 13.6. The summed E-state index contributed by atoms with van der Waals surface area (Å²) in [6.07, 6.45) is 1.73. The van der Waals surface area contributed by atoms with Crippen LogP contribution >= 0.6 is 0 Å². The summed E-state index contributed by atoms with van der Waals surface area (Å²) in [5, 5.41) is 5.17. The van der Waals surface area contributed by atoms with Gasteiger partial charge in [0.25, 0.3) is 0 Å². The molecule has 0 spiro atoms. The highest BCUT2D eigenvalue weighted by molar-refractivity contribution is 6.04. The van der Waals surface area contributed by atoms with Gasteiger partial charge >= 0.3 is 0 Å². The molecule has 1 amide bonds. The van der Waals surface area contributed by atoms with Crippen LogP contribution in [0.4, 0.5) is 4.39 Å². The van der Waals surface area contributed by atoms with Gasteiger partial charge in [0.2, 0.25) is 5.91 Å². The molecule has 2 aromatic carbocycles. The minimum atomic E-state index is -0.579. The SMILES string of the molecule is CCn1ncc2c(-c3cc(F)ccc3C(N)=O)cccc21. The molecular formula is C16H14FN3O. The van der Waals surface area contributed by atoms with Gasteiger partial charge in [-0.15, -0.1) is 0 Å². The summed E-state index contributed by atoms with van der Waals surface area (Å²) < 4.78 is 15.4. The van der Waals surface area contributed by atoms with E-state index in [1.54, 1.807) is 6.20 Å². The highest BCUT2D eigenvalue weighted by Gasteiger charge is 2.15. The fourth-order valence-corrected chi connectivity index (χ4v) is 2.54. The Balaban J connectivity index is 2.33. The fraction of sp³-hybridized carbons (Fsp3) is 0.125. The van der Waals surface area contributed by atoms with E-state index in [4.69, 9.17) is 5.73 Å². The number of carbonyl (C=O) groups excluding carboxylic acids is 1. The first-order chi connectivity index (χ1) is 10.1. The van der Waals surface area contributed by atoms with E-state index < -0.39 is 11.7 Å². The molecule has 0 bridgehead atoms. The Morgan fingerprint density at radius 2 is 2.10 bits per heavy atom. The lowest BCUT2D eigenvalue weighted by Gasteiger charge is -2.09. The molecule has 0 aliphatic rings. The van der Waals surface area contributed by atoms with E-state index in [-0.39, 0.29) is 0 Å². The van der Waals surface area contributed by atoms with E-state index in [2.05, 4.69) is 5.10 Å². The number of rotatable bonds is 3. The second-order valence-corrected chi connectivity index (χ2v) is 4.75. The van der Waals surface area contributed by atoms with Gasteiger partial charge in [0.05, 0.1) is 11.7 Å². The molecule has 0 atom stereocenters. The molecule has 0 unspecified atom stereocenters. The van der Waals surface area contributed by atoms with E-state index in [1.165, 1.54) is 18.2 Å². The summed E-state index contributed by atoms with van der Waals surface area (Å²) in [5.41, 5.74) is 7.87. The number of hydrogen-bond acceptors (Lipinski definition) is 2. The molecule has 2 N–H and O–H groups in total. The molecule has 0 fully saturated rings. The molecule has 106 valence electrons. The van der Waals surface area contributed by atoms with Gasteiger partial charge in [-0.1, -0.05) is 12.1 Å². The predicted molar refractivity (Wildman–Crippen MR) is 79.3 cm³/mol. The lowest BCUT2D eigenvalue weighted by molar-refractivity contribution is 0.100. The Labute approximate surface area is 121 Å². The molecule has 5 heteroatoms. The van der Waals surface area contributed by atoms with Gasteiger partial charge < -0.3 is 5.73 Å². The summed E-state index contributed by atoms with van der Waals surface area (Å²) in [5.74, 6) is -0.986.